The van der Waals surface area contributed by atoms with Crippen LogP contribution < -0.4 is 20.7 Å². The molecule has 2 aromatic rings. The lowest BCUT2D eigenvalue weighted by atomic mass is 9.83. The number of ketones is 1. The van der Waals surface area contributed by atoms with Crippen molar-refractivity contribution >= 4 is 35.4 Å². The molecule has 5 rings (SSSR count). The molecule has 2 aromatic carbocycles. The first-order chi connectivity index (χ1) is 25.2. The van der Waals surface area contributed by atoms with Crippen molar-refractivity contribution in [2.24, 2.45) is 5.92 Å². The molecule has 3 N–H and O–H groups in total. The van der Waals surface area contributed by atoms with Crippen molar-refractivity contribution in [3.8, 4) is 5.75 Å². The minimum Gasteiger partial charge on any atom is -0.493 e. The maximum atomic E-state index is 14.5. The standard InChI is InChI=1S/C39H50N4O9/c1-2-11-31(36(46)38(48)40-23-34(45)52-25-26-12-5-3-6-13-26)41-37(47)32-22-30-24-43(32)39(49)35(28-15-7-4-8-16-28)42-33(44)21-27-14-9-17-29(20-27)50-18-10-19-51-30/h3,5-6,9,12-14,17,20,28,30-32,35H,2,4,7-8,10-11,15-16,18-19,21-25H2,1H3,(H,40,48)(H,41,47)(H,42,44)/t30-,31?,32+,35+/m1/s1. The van der Waals surface area contributed by atoms with Crippen molar-refractivity contribution in [1.29, 1.82) is 0 Å². The second-order valence-corrected chi connectivity index (χ2v) is 13.7. The predicted molar refractivity (Wildman–Crippen MR) is 190 cm³/mol. The third kappa shape index (κ3) is 10.9. The van der Waals surface area contributed by atoms with Gasteiger partial charge in [-0.05, 0) is 48.4 Å². The van der Waals surface area contributed by atoms with E-state index < -0.39 is 54.3 Å². The van der Waals surface area contributed by atoms with E-state index >= 15 is 0 Å². The number of benzene rings is 2. The number of nitrogens with zero attached hydrogens (tertiary/aromatic N) is 1. The molecule has 4 atom stereocenters. The lowest BCUT2D eigenvalue weighted by Gasteiger charge is -2.35. The molecule has 4 bridgehead atoms. The Morgan fingerprint density at radius 1 is 0.981 bits per heavy atom. The minimum atomic E-state index is -1.18. The highest BCUT2D eigenvalue weighted by molar-refractivity contribution is 6.38. The van der Waals surface area contributed by atoms with E-state index in [0.29, 0.717) is 31.8 Å². The first-order valence-corrected chi connectivity index (χ1v) is 18.5. The van der Waals surface area contributed by atoms with Gasteiger partial charge < -0.3 is 35.1 Å². The smallest absolute Gasteiger partial charge is 0.325 e. The van der Waals surface area contributed by atoms with Crippen LogP contribution in [0.15, 0.2) is 54.6 Å². The van der Waals surface area contributed by atoms with Crippen LogP contribution in [0.3, 0.4) is 0 Å². The summed E-state index contributed by atoms with van der Waals surface area (Å²) in [5.74, 6) is -3.35. The third-order valence-electron chi connectivity index (χ3n) is 9.80. The molecule has 2 fully saturated rings. The fourth-order valence-electron chi connectivity index (χ4n) is 7.10. The summed E-state index contributed by atoms with van der Waals surface area (Å²) in [6.07, 6.45) is 5.45. The van der Waals surface area contributed by atoms with Crippen LogP contribution in [0.5, 0.6) is 5.75 Å². The van der Waals surface area contributed by atoms with Gasteiger partial charge in [0.25, 0.3) is 5.91 Å². The highest BCUT2D eigenvalue weighted by Gasteiger charge is 2.45. The number of hydrogen-bond donors (Lipinski definition) is 3. The first kappa shape index (κ1) is 38.5. The number of amides is 4. The van der Waals surface area contributed by atoms with Crippen molar-refractivity contribution < 1.29 is 43.0 Å². The highest BCUT2D eigenvalue weighted by Crippen LogP contribution is 2.30. The van der Waals surface area contributed by atoms with Gasteiger partial charge in [-0.1, -0.05) is 75.1 Å². The summed E-state index contributed by atoms with van der Waals surface area (Å²) in [5.41, 5.74) is 1.53. The molecule has 280 valence electrons. The zero-order valence-corrected chi connectivity index (χ0v) is 29.8. The zero-order valence-electron chi connectivity index (χ0n) is 29.8. The number of ether oxygens (including phenoxy) is 3. The summed E-state index contributed by atoms with van der Waals surface area (Å²) in [6.45, 7) is 2.17. The molecule has 1 aliphatic carbocycles. The molecule has 4 amide bonds. The van der Waals surface area contributed by atoms with Crippen LogP contribution in [-0.4, -0.2) is 90.8 Å². The molecule has 2 heterocycles. The Morgan fingerprint density at radius 3 is 2.54 bits per heavy atom. The van der Waals surface area contributed by atoms with Crippen LogP contribution in [0.4, 0.5) is 0 Å². The molecule has 1 unspecified atom stereocenters. The second-order valence-electron chi connectivity index (χ2n) is 13.7. The maximum Gasteiger partial charge on any atom is 0.325 e. The first-order valence-electron chi connectivity index (χ1n) is 18.5. The van der Waals surface area contributed by atoms with Gasteiger partial charge in [-0.15, -0.1) is 0 Å². The fourth-order valence-corrected chi connectivity index (χ4v) is 7.10. The highest BCUT2D eigenvalue weighted by atomic mass is 16.5. The van der Waals surface area contributed by atoms with Crippen molar-refractivity contribution in [3.63, 3.8) is 0 Å². The number of carbonyl (C=O) groups excluding carboxylic acids is 6. The summed E-state index contributed by atoms with van der Waals surface area (Å²) in [4.78, 5) is 81.7. The van der Waals surface area contributed by atoms with Gasteiger partial charge in [0.05, 0.1) is 31.8 Å². The summed E-state index contributed by atoms with van der Waals surface area (Å²) in [5, 5.41) is 8.05. The Kier molecular flexibility index (Phi) is 14.2. The van der Waals surface area contributed by atoms with Gasteiger partial charge in [0, 0.05) is 19.4 Å². The number of carbonyl (C=O) groups is 6. The number of nitrogens with one attached hydrogen (secondary N) is 3. The Morgan fingerprint density at radius 2 is 1.77 bits per heavy atom. The van der Waals surface area contributed by atoms with E-state index in [1.54, 1.807) is 12.1 Å². The van der Waals surface area contributed by atoms with Crippen LogP contribution in [0.25, 0.3) is 0 Å². The van der Waals surface area contributed by atoms with E-state index in [0.717, 1.165) is 43.2 Å². The van der Waals surface area contributed by atoms with Crippen LogP contribution >= 0.6 is 0 Å². The molecule has 1 saturated heterocycles. The van der Waals surface area contributed by atoms with Crippen LogP contribution in [0.2, 0.25) is 0 Å². The molecule has 0 aromatic heterocycles. The average Bonchev–Trinajstić information content (AvgIpc) is 3.59. The zero-order chi connectivity index (χ0) is 36.9. The summed E-state index contributed by atoms with van der Waals surface area (Å²) >= 11 is 0. The van der Waals surface area contributed by atoms with Gasteiger partial charge in [-0.2, -0.15) is 0 Å². The van der Waals surface area contributed by atoms with E-state index in [2.05, 4.69) is 16.0 Å². The van der Waals surface area contributed by atoms with E-state index in [1.807, 2.05) is 49.4 Å². The van der Waals surface area contributed by atoms with Gasteiger partial charge in [-0.3, -0.25) is 28.8 Å². The van der Waals surface area contributed by atoms with E-state index in [-0.39, 0.29) is 50.1 Å². The van der Waals surface area contributed by atoms with E-state index in [9.17, 15) is 28.8 Å². The van der Waals surface area contributed by atoms with E-state index in [4.69, 9.17) is 14.2 Å². The second kappa shape index (κ2) is 19.2. The number of rotatable bonds is 11. The molecule has 13 nitrogen and oxygen atoms in total. The van der Waals surface area contributed by atoms with Crippen molar-refractivity contribution in [2.75, 3.05) is 26.3 Å². The van der Waals surface area contributed by atoms with Gasteiger partial charge in [-0.25, -0.2) is 0 Å². The summed E-state index contributed by atoms with van der Waals surface area (Å²) < 4.78 is 17.2. The number of hydrogen-bond acceptors (Lipinski definition) is 9. The topological polar surface area (TPSA) is 169 Å². The molecule has 2 aliphatic heterocycles. The normalized spacial score (nSPS) is 22.0. The van der Waals surface area contributed by atoms with Gasteiger partial charge in [0.1, 0.15) is 31.0 Å². The Balaban J connectivity index is 1.28. The van der Waals surface area contributed by atoms with Crippen LogP contribution in [0, 0.1) is 5.92 Å². The van der Waals surface area contributed by atoms with Crippen LogP contribution in [-0.2, 0) is 51.3 Å². The monoisotopic (exact) mass is 718 g/mol. The van der Waals surface area contributed by atoms with Gasteiger partial charge in [0.2, 0.25) is 23.5 Å². The average molecular weight is 719 g/mol. The van der Waals surface area contributed by atoms with Crippen molar-refractivity contribution in [3.05, 3.63) is 65.7 Å². The largest absolute Gasteiger partial charge is 0.493 e. The van der Waals surface area contributed by atoms with Crippen molar-refractivity contribution in [1.82, 2.24) is 20.9 Å². The number of esters is 1. The maximum absolute atomic E-state index is 14.5. The molecular formula is C39H50N4O9. The molecule has 13 heteroatoms. The Labute approximate surface area is 304 Å². The molecular weight excluding hydrogens is 668 g/mol. The lowest BCUT2D eigenvalue weighted by molar-refractivity contribution is -0.147. The van der Waals surface area contributed by atoms with Crippen LogP contribution in [0.1, 0.15) is 75.8 Å². The number of Topliss-reactive ketones (excluding diaryl/α,β-unsaturated/α-hetero) is 1. The number of fused-ring (bicyclic) bond motifs is 4. The van der Waals surface area contributed by atoms with Crippen molar-refractivity contribution in [2.45, 2.75) is 102 Å². The quantitative estimate of drug-likeness (QED) is 0.234. The molecule has 0 spiro atoms. The summed E-state index contributed by atoms with van der Waals surface area (Å²) in [7, 11) is 0. The molecule has 3 aliphatic rings. The molecule has 52 heavy (non-hydrogen) atoms. The van der Waals surface area contributed by atoms with E-state index in [1.165, 1.54) is 4.90 Å². The summed E-state index contributed by atoms with van der Waals surface area (Å²) in [6, 6.07) is 13.4. The third-order valence-corrected chi connectivity index (χ3v) is 9.80. The molecule has 0 radical (unpaired) electrons. The predicted octanol–water partition coefficient (Wildman–Crippen LogP) is 2.78. The van der Waals surface area contributed by atoms with Gasteiger partial charge >= 0.3 is 5.97 Å². The van der Waals surface area contributed by atoms with Gasteiger partial charge in [0.15, 0.2) is 0 Å². The SMILES string of the molecule is CCCC(NC(=O)[C@@H]1C[C@@H]2CN1C(=O)[C@H](C1CCCCC1)NC(=O)Cc1cccc(c1)OCCCO2)C(=O)C(=O)NCC(=O)OCc1ccccc1. The minimum absolute atomic E-state index is 0.0199. The lowest BCUT2D eigenvalue weighted by Crippen LogP contribution is -2.58. The Hall–Kier alpha value is -4.78. The fraction of sp³-hybridized carbons (Fsp3) is 0.538. The Bertz CT molecular complexity index is 1560. The molecule has 1 saturated carbocycles.